The van der Waals surface area contributed by atoms with Gasteiger partial charge in [-0.3, -0.25) is 9.59 Å². The van der Waals surface area contributed by atoms with Crippen molar-refractivity contribution in [3.05, 3.63) is 0 Å². The van der Waals surface area contributed by atoms with E-state index in [0.29, 0.717) is 6.54 Å². The van der Waals surface area contributed by atoms with Gasteiger partial charge in [-0.2, -0.15) is 0 Å². The van der Waals surface area contributed by atoms with Gasteiger partial charge in [0.15, 0.2) is 0 Å². The summed E-state index contributed by atoms with van der Waals surface area (Å²) in [5.41, 5.74) is -1.26. The van der Waals surface area contributed by atoms with Crippen LogP contribution in [0.3, 0.4) is 0 Å². The van der Waals surface area contributed by atoms with Crippen LogP contribution in [0.2, 0.25) is 0 Å². The van der Waals surface area contributed by atoms with Crippen LogP contribution in [0.1, 0.15) is 46.0 Å². The Morgan fingerprint density at radius 2 is 1.86 bits per heavy atom. The van der Waals surface area contributed by atoms with Crippen LogP contribution in [0.25, 0.3) is 0 Å². The van der Waals surface area contributed by atoms with E-state index in [4.69, 9.17) is 0 Å². The van der Waals surface area contributed by atoms with Crippen LogP contribution in [-0.4, -0.2) is 57.9 Å². The number of aliphatic carboxylic acids is 1. The van der Waals surface area contributed by atoms with E-state index < -0.39 is 17.4 Å². The molecule has 2 amide bonds. The first-order chi connectivity index (χ1) is 9.75. The van der Waals surface area contributed by atoms with Gasteiger partial charge >= 0.3 is 5.97 Å². The van der Waals surface area contributed by atoms with Crippen LogP contribution in [0, 0.1) is 5.92 Å². The molecule has 1 atom stereocenters. The summed E-state index contributed by atoms with van der Waals surface area (Å²) < 4.78 is 0. The Balaban J connectivity index is 2.04. The second-order valence-electron chi connectivity index (χ2n) is 6.65. The van der Waals surface area contributed by atoms with Gasteiger partial charge in [0.2, 0.25) is 11.8 Å². The van der Waals surface area contributed by atoms with Gasteiger partial charge in [0.25, 0.3) is 0 Å². The van der Waals surface area contributed by atoms with Crippen LogP contribution >= 0.6 is 0 Å². The summed E-state index contributed by atoms with van der Waals surface area (Å²) in [4.78, 5) is 38.9. The zero-order chi connectivity index (χ0) is 15.8. The number of nitrogens with zero attached hydrogens (tertiary/aromatic N) is 2. The molecule has 21 heavy (non-hydrogen) atoms. The van der Waals surface area contributed by atoms with E-state index in [2.05, 4.69) is 0 Å². The highest BCUT2D eigenvalue weighted by Crippen LogP contribution is 2.31. The predicted octanol–water partition coefficient (Wildman–Crippen LogP) is 1.10. The second kappa shape index (κ2) is 5.66. The van der Waals surface area contributed by atoms with E-state index in [1.165, 1.54) is 25.8 Å². The third-order valence-electron chi connectivity index (χ3n) is 4.97. The van der Waals surface area contributed by atoms with Crippen molar-refractivity contribution < 1.29 is 19.5 Å². The fourth-order valence-electron chi connectivity index (χ4n) is 3.16. The Hall–Kier alpha value is -1.59. The summed E-state index contributed by atoms with van der Waals surface area (Å²) in [6, 6.07) is 0.271. The van der Waals surface area contributed by atoms with Crippen molar-refractivity contribution in [3.63, 3.8) is 0 Å². The highest BCUT2D eigenvalue weighted by Gasteiger charge is 2.43. The van der Waals surface area contributed by atoms with Gasteiger partial charge in [0.1, 0.15) is 5.54 Å². The minimum atomic E-state index is -1.26. The maximum absolute atomic E-state index is 12.5. The molecule has 1 aliphatic carbocycles. The quantitative estimate of drug-likeness (QED) is 0.842. The van der Waals surface area contributed by atoms with Crippen molar-refractivity contribution in [2.75, 3.05) is 13.6 Å². The Morgan fingerprint density at radius 1 is 1.29 bits per heavy atom. The number of amides is 2. The molecule has 6 heteroatoms. The van der Waals surface area contributed by atoms with Crippen molar-refractivity contribution >= 4 is 17.8 Å². The van der Waals surface area contributed by atoms with Crippen molar-refractivity contribution in [1.29, 1.82) is 0 Å². The van der Waals surface area contributed by atoms with Gasteiger partial charge in [0, 0.05) is 26.1 Å². The lowest BCUT2D eigenvalue weighted by molar-refractivity contribution is -0.156. The van der Waals surface area contributed by atoms with E-state index in [1.807, 2.05) is 4.90 Å². The lowest BCUT2D eigenvalue weighted by Gasteiger charge is -2.33. The van der Waals surface area contributed by atoms with Crippen LogP contribution in [0.15, 0.2) is 0 Å². The summed E-state index contributed by atoms with van der Waals surface area (Å²) in [6.07, 6.45) is 4.51. The molecule has 118 valence electrons. The molecule has 0 aromatic rings. The van der Waals surface area contributed by atoms with Crippen molar-refractivity contribution in [3.8, 4) is 0 Å². The number of carboxylic acids is 1. The summed E-state index contributed by atoms with van der Waals surface area (Å²) >= 11 is 0. The van der Waals surface area contributed by atoms with Crippen LogP contribution < -0.4 is 0 Å². The van der Waals surface area contributed by atoms with Crippen molar-refractivity contribution in [2.45, 2.75) is 57.5 Å². The molecular formula is C15H24N2O4. The third-order valence-corrected chi connectivity index (χ3v) is 4.97. The van der Waals surface area contributed by atoms with Gasteiger partial charge in [0.05, 0.1) is 5.92 Å². The minimum absolute atomic E-state index is 0.0294. The third kappa shape index (κ3) is 2.89. The molecule has 6 nitrogen and oxygen atoms in total. The Bertz CT molecular complexity index is 455. The Morgan fingerprint density at radius 3 is 2.38 bits per heavy atom. The first-order valence-corrected chi connectivity index (χ1v) is 7.55. The average Bonchev–Trinajstić information content (AvgIpc) is 3.05. The summed E-state index contributed by atoms with van der Waals surface area (Å²) in [7, 11) is 1.50. The van der Waals surface area contributed by atoms with Gasteiger partial charge < -0.3 is 14.9 Å². The van der Waals surface area contributed by atoms with Crippen LogP contribution in [0.5, 0.6) is 0 Å². The first kappa shape index (κ1) is 15.8. The molecule has 1 unspecified atom stereocenters. The second-order valence-corrected chi connectivity index (χ2v) is 6.65. The molecule has 1 saturated carbocycles. The van der Waals surface area contributed by atoms with E-state index in [9.17, 15) is 19.5 Å². The van der Waals surface area contributed by atoms with E-state index in [-0.39, 0.29) is 24.3 Å². The number of hydrogen-bond acceptors (Lipinski definition) is 3. The molecule has 0 bridgehead atoms. The molecule has 1 heterocycles. The molecule has 1 N–H and O–H groups in total. The monoisotopic (exact) mass is 296 g/mol. The van der Waals surface area contributed by atoms with Gasteiger partial charge in [-0.05, 0) is 26.7 Å². The van der Waals surface area contributed by atoms with Gasteiger partial charge in [-0.25, -0.2) is 4.79 Å². The topological polar surface area (TPSA) is 77.9 Å². The lowest BCUT2D eigenvalue weighted by Crippen LogP contribution is -2.53. The van der Waals surface area contributed by atoms with Crippen LogP contribution in [0.4, 0.5) is 0 Å². The van der Waals surface area contributed by atoms with E-state index in [1.54, 1.807) is 0 Å². The zero-order valence-corrected chi connectivity index (χ0v) is 13.0. The molecule has 2 rings (SSSR count). The fourth-order valence-corrected chi connectivity index (χ4v) is 3.16. The lowest BCUT2D eigenvalue weighted by atomic mass is 9.99. The van der Waals surface area contributed by atoms with Gasteiger partial charge in [-0.15, -0.1) is 0 Å². The molecule has 2 fully saturated rings. The SMILES string of the molecule is CN(C(=O)C1CC(=O)N(C2CCCC2)C1)C(C)(C)C(=O)O. The largest absolute Gasteiger partial charge is 0.480 e. The number of likely N-dealkylation sites (N-methyl/N-ethyl adjacent to an activating group) is 1. The number of carboxylic acid groups (broad SMARTS) is 1. The molecule has 0 spiro atoms. The maximum Gasteiger partial charge on any atom is 0.329 e. The molecule has 1 aliphatic heterocycles. The molecule has 0 aromatic carbocycles. The normalized spacial score (nSPS) is 23.7. The van der Waals surface area contributed by atoms with Crippen LogP contribution in [-0.2, 0) is 14.4 Å². The average molecular weight is 296 g/mol. The molecule has 1 saturated heterocycles. The first-order valence-electron chi connectivity index (χ1n) is 7.55. The van der Waals surface area contributed by atoms with E-state index >= 15 is 0 Å². The van der Waals surface area contributed by atoms with E-state index in [0.717, 1.165) is 25.7 Å². The number of carbonyl (C=O) groups excluding carboxylic acids is 2. The minimum Gasteiger partial charge on any atom is -0.480 e. The Kier molecular flexibility index (Phi) is 4.25. The predicted molar refractivity (Wildman–Crippen MR) is 76.6 cm³/mol. The summed E-state index contributed by atoms with van der Waals surface area (Å²) in [5.74, 6) is -1.69. The van der Waals surface area contributed by atoms with Gasteiger partial charge in [-0.1, -0.05) is 12.8 Å². The van der Waals surface area contributed by atoms with Crippen molar-refractivity contribution in [2.24, 2.45) is 5.92 Å². The molecule has 2 aliphatic rings. The smallest absolute Gasteiger partial charge is 0.329 e. The number of carbonyl (C=O) groups is 3. The van der Waals surface area contributed by atoms with Crippen molar-refractivity contribution in [1.82, 2.24) is 9.80 Å². The number of hydrogen-bond donors (Lipinski definition) is 1. The summed E-state index contributed by atoms with van der Waals surface area (Å²) in [5, 5.41) is 9.21. The standard InChI is InChI=1S/C15H24N2O4/c1-15(2,14(20)21)16(3)13(19)10-8-12(18)17(9-10)11-6-4-5-7-11/h10-11H,4-9H2,1-3H3,(H,20,21). The maximum atomic E-state index is 12.5. The zero-order valence-electron chi connectivity index (χ0n) is 13.0. The molecule has 0 aromatic heterocycles. The molecule has 0 radical (unpaired) electrons. The summed E-state index contributed by atoms with van der Waals surface area (Å²) in [6.45, 7) is 3.43. The highest BCUT2D eigenvalue weighted by molar-refractivity contribution is 5.92. The number of rotatable bonds is 4. The molecular weight excluding hydrogens is 272 g/mol. The Labute approximate surface area is 125 Å². The number of likely N-dealkylation sites (tertiary alicyclic amines) is 1. The highest BCUT2D eigenvalue weighted by atomic mass is 16.4. The fraction of sp³-hybridized carbons (Fsp3) is 0.800.